The molecule has 4 N–H and O–H groups in total. The standard InChI is InChI=1S/C11H18N4/c1-6(2)14-11-9(10(12)13)7(3)5-8(4)15-11/h5-6H,1-4H3,(H3,12,13)(H,14,15). The van der Waals surface area contributed by atoms with Crippen LogP contribution < -0.4 is 11.1 Å². The fraction of sp³-hybridized carbons (Fsp3) is 0.455. The molecule has 0 amide bonds. The van der Waals surface area contributed by atoms with Gasteiger partial charge in [-0.15, -0.1) is 0 Å². The number of aryl methyl sites for hydroxylation is 2. The Morgan fingerprint density at radius 2 is 2.07 bits per heavy atom. The number of nitrogens with two attached hydrogens (primary N) is 1. The summed E-state index contributed by atoms with van der Waals surface area (Å²) in [5.74, 6) is 0.762. The van der Waals surface area contributed by atoms with Gasteiger partial charge < -0.3 is 11.1 Å². The first-order valence-corrected chi connectivity index (χ1v) is 5.01. The third kappa shape index (κ3) is 2.68. The first kappa shape index (κ1) is 11.5. The van der Waals surface area contributed by atoms with Gasteiger partial charge in [-0.05, 0) is 39.3 Å². The molecule has 0 aliphatic rings. The van der Waals surface area contributed by atoms with E-state index in [1.54, 1.807) is 0 Å². The molecule has 0 unspecified atom stereocenters. The van der Waals surface area contributed by atoms with Crippen LogP contribution in [0.5, 0.6) is 0 Å². The van der Waals surface area contributed by atoms with Gasteiger partial charge in [0.25, 0.3) is 0 Å². The van der Waals surface area contributed by atoms with Crippen LogP contribution >= 0.6 is 0 Å². The van der Waals surface area contributed by atoms with E-state index in [0.717, 1.165) is 11.3 Å². The van der Waals surface area contributed by atoms with Gasteiger partial charge in [-0.2, -0.15) is 0 Å². The second-order valence-electron chi connectivity index (χ2n) is 4.02. The van der Waals surface area contributed by atoms with Gasteiger partial charge in [-0.25, -0.2) is 4.98 Å². The molecule has 0 bridgehead atoms. The summed E-state index contributed by atoms with van der Waals surface area (Å²) in [5.41, 5.74) is 8.16. The Hall–Kier alpha value is -1.58. The van der Waals surface area contributed by atoms with Crippen molar-refractivity contribution in [2.24, 2.45) is 5.73 Å². The molecule has 0 aromatic carbocycles. The van der Waals surface area contributed by atoms with Crippen molar-refractivity contribution in [2.45, 2.75) is 33.7 Å². The zero-order chi connectivity index (χ0) is 11.6. The summed E-state index contributed by atoms with van der Waals surface area (Å²) in [6, 6.07) is 2.21. The number of aromatic nitrogens is 1. The molecule has 82 valence electrons. The smallest absolute Gasteiger partial charge is 0.137 e. The molecule has 0 atom stereocenters. The highest BCUT2D eigenvalue weighted by Crippen LogP contribution is 2.18. The number of rotatable bonds is 3. The largest absolute Gasteiger partial charge is 0.384 e. The topological polar surface area (TPSA) is 74.8 Å². The second kappa shape index (κ2) is 4.29. The number of hydrogen-bond donors (Lipinski definition) is 3. The number of hydrogen-bond acceptors (Lipinski definition) is 3. The van der Waals surface area contributed by atoms with Gasteiger partial charge in [-0.3, -0.25) is 5.41 Å². The minimum absolute atomic E-state index is 0.0585. The van der Waals surface area contributed by atoms with Crippen LogP contribution in [0, 0.1) is 19.3 Å². The molecular weight excluding hydrogens is 188 g/mol. The molecule has 0 saturated carbocycles. The van der Waals surface area contributed by atoms with Crippen LogP contribution in [0.2, 0.25) is 0 Å². The lowest BCUT2D eigenvalue weighted by molar-refractivity contribution is 0.884. The van der Waals surface area contributed by atoms with Gasteiger partial charge in [-0.1, -0.05) is 0 Å². The molecule has 0 spiro atoms. The Morgan fingerprint density at radius 3 is 2.53 bits per heavy atom. The normalized spacial score (nSPS) is 10.5. The number of anilines is 1. The predicted octanol–water partition coefficient (Wildman–Crippen LogP) is 1.80. The van der Waals surface area contributed by atoms with E-state index < -0.39 is 0 Å². The van der Waals surface area contributed by atoms with E-state index in [0.29, 0.717) is 11.4 Å². The summed E-state index contributed by atoms with van der Waals surface area (Å²) in [6.07, 6.45) is 0. The van der Waals surface area contributed by atoms with E-state index in [2.05, 4.69) is 10.3 Å². The first-order chi connectivity index (χ1) is 6.91. The minimum Gasteiger partial charge on any atom is -0.384 e. The summed E-state index contributed by atoms with van der Waals surface area (Å²) in [4.78, 5) is 4.36. The van der Waals surface area contributed by atoms with Crippen molar-refractivity contribution in [3.05, 3.63) is 22.9 Å². The molecule has 1 aromatic heterocycles. The predicted molar refractivity (Wildman–Crippen MR) is 63.5 cm³/mol. The SMILES string of the molecule is Cc1cc(C)c(C(=N)N)c(NC(C)C)n1. The highest BCUT2D eigenvalue weighted by molar-refractivity contribution is 6.00. The summed E-state index contributed by atoms with van der Waals surface area (Å²) in [7, 11) is 0. The van der Waals surface area contributed by atoms with Crippen molar-refractivity contribution < 1.29 is 0 Å². The summed E-state index contributed by atoms with van der Waals surface area (Å²) in [5, 5.41) is 10.7. The molecule has 0 aliphatic carbocycles. The third-order valence-corrected chi connectivity index (χ3v) is 2.04. The zero-order valence-electron chi connectivity index (χ0n) is 9.68. The molecule has 15 heavy (non-hydrogen) atoms. The number of nitrogens with zero attached hydrogens (tertiary/aromatic N) is 1. The lowest BCUT2D eigenvalue weighted by atomic mass is 10.1. The van der Waals surface area contributed by atoms with Crippen LogP contribution in [-0.2, 0) is 0 Å². The number of pyridine rings is 1. The fourth-order valence-corrected chi connectivity index (χ4v) is 1.55. The van der Waals surface area contributed by atoms with Crippen molar-refractivity contribution in [1.29, 1.82) is 5.41 Å². The summed E-state index contributed by atoms with van der Waals surface area (Å²) >= 11 is 0. The molecule has 4 heteroatoms. The van der Waals surface area contributed by atoms with Crippen LogP contribution in [0.25, 0.3) is 0 Å². The highest BCUT2D eigenvalue weighted by atomic mass is 15.0. The molecule has 0 fully saturated rings. The van der Waals surface area contributed by atoms with Gasteiger partial charge in [0.15, 0.2) is 0 Å². The first-order valence-electron chi connectivity index (χ1n) is 5.01. The van der Waals surface area contributed by atoms with E-state index in [-0.39, 0.29) is 11.9 Å². The van der Waals surface area contributed by atoms with Crippen molar-refractivity contribution in [3.8, 4) is 0 Å². The van der Waals surface area contributed by atoms with Crippen LogP contribution in [0.4, 0.5) is 5.82 Å². The zero-order valence-corrected chi connectivity index (χ0v) is 9.68. The van der Waals surface area contributed by atoms with E-state index in [1.165, 1.54) is 0 Å². The molecule has 0 radical (unpaired) electrons. The molecule has 0 saturated heterocycles. The molecule has 4 nitrogen and oxygen atoms in total. The lowest BCUT2D eigenvalue weighted by Gasteiger charge is -2.15. The average Bonchev–Trinajstić information content (AvgIpc) is 1.99. The van der Waals surface area contributed by atoms with Crippen LogP contribution in [-0.4, -0.2) is 16.9 Å². The molecular formula is C11H18N4. The highest BCUT2D eigenvalue weighted by Gasteiger charge is 2.11. The van der Waals surface area contributed by atoms with Crippen LogP contribution in [0.1, 0.15) is 30.7 Å². The third-order valence-electron chi connectivity index (χ3n) is 2.04. The fourth-order valence-electron chi connectivity index (χ4n) is 1.55. The van der Waals surface area contributed by atoms with Gasteiger partial charge in [0.1, 0.15) is 11.7 Å². The van der Waals surface area contributed by atoms with Gasteiger partial charge >= 0.3 is 0 Å². The summed E-state index contributed by atoms with van der Waals surface area (Å²) < 4.78 is 0. The lowest BCUT2D eigenvalue weighted by Crippen LogP contribution is -2.20. The van der Waals surface area contributed by atoms with Crippen molar-refractivity contribution in [1.82, 2.24) is 4.98 Å². The van der Waals surface area contributed by atoms with Crippen LogP contribution in [0.3, 0.4) is 0 Å². The van der Waals surface area contributed by atoms with E-state index in [1.807, 2.05) is 33.8 Å². The van der Waals surface area contributed by atoms with E-state index in [4.69, 9.17) is 11.1 Å². The van der Waals surface area contributed by atoms with Gasteiger partial charge in [0, 0.05) is 11.7 Å². The number of nitrogen functional groups attached to an aromatic ring is 1. The van der Waals surface area contributed by atoms with Crippen molar-refractivity contribution >= 4 is 11.7 Å². The minimum atomic E-state index is 0.0585. The quantitative estimate of drug-likeness (QED) is 0.521. The Balaban J connectivity index is 3.27. The maximum Gasteiger partial charge on any atom is 0.137 e. The van der Waals surface area contributed by atoms with E-state index in [9.17, 15) is 0 Å². The van der Waals surface area contributed by atoms with Crippen molar-refractivity contribution in [2.75, 3.05) is 5.32 Å². The summed E-state index contributed by atoms with van der Waals surface area (Å²) in [6.45, 7) is 7.94. The van der Waals surface area contributed by atoms with Gasteiger partial charge in [0.2, 0.25) is 0 Å². The van der Waals surface area contributed by atoms with Gasteiger partial charge in [0.05, 0.1) is 5.56 Å². The van der Waals surface area contributed by atoms with Crippen LogP contribution in [0.15, 0.2) is 6.07 Å². The van der Waals surface area contributed by atoms with E-state index >= 15 is 0 Å². The maximum atomic E-state index is 7.53. The average molecular weight is 206 g/mol. The molecule has 1 aromatic rings. The Bertz CT molecular complexity index is 382. The molecule has 0 aliphatic heterocycles. The number of amidine groups is 1. The number of nitrogens with one attached hydrogen (secondary N) is 2. The second-order valence-corrected chi connectivity index (χ2v) is 4.02. The Kier molecular flexibility index (Phi) is 3.29. The molecule has 1 rings (SSSR count). The maximum absolute atomic E-state index is 7.53. The Morgan fingerprint density at radius 1 is 1.47 bits per heavy atom. The molecule has 1 heterocycles. The Labute approximate surface area is 90.4 Å². The van der Waals surface area contributed by atoms with Crippen molar-refractivity contribution in [3.63, 3.8) is 0 Å². The monoisotopic (exact) mass is 206 g/mol.